The molecule has 1 heterocycles. The zero-order valence-electron chi connectivity index (χ0n) is 15.2. The fourth-order valence-electron chi connectivity index (χ4n) is 4.58. The van der Waals surface area contributed by atoms with E-state index in [0.29, 0.717) is 23.3 Å². The Morgan fingerprint density at radius 3 is 2.52 bits per heavy atom. The number of hydrogen-bond donors (Lipinski definition) is 0. The van der Waals surface area contributed by atoms with Crippen LogP contribution in [0.5, 0.6) is 11.5 Å². The molecule has 2 bridgehead atoms. The minimum Gasteiger partial charge on any atom is -0.493 e. The monoisotopic (exact) mass is 340 g/mol. The Morgan fingerprint density at radius 1 is 1.12 bits per heavy atom. The van der Waals surface area contributed by atoms with Crippen molar-refractivity contribution in [2.45, 2.75) is 51.0 Å². The zero-order valence-corrected chi connectivity index (χ0v) is 15.2. The lowest BCUT2D eigenvalue weighted by Gasteiger charge is -2.24. The van der Waals surface area contributed by atoms with Crippen LogP contribution in [-0.2, 0) is 0 Å². The molecule has 2 aliphatic carbocycles. The van der Waals surface area contributed by atoms with Crippen LogP contribution in [0.4, 0.5) is 0 Å². The quantitative estimate of drug-likeness (QED) is 0.848. The highest BCUT2D eigenvalue weighted by Crippen LogP contribution is 2.55. The van der Waals surface area contributed by atoms with Gasteiger partial charge in [0.15, 0.2) is 11.5 Å². The Morgan fingerprint density at radius 2 is 1.84 bits per heavy atom. The van der Waals surface area contributed by atoms with E-state index in [4.69, 9.17) is 9.47 Å². The van der Waals surface area contributed by atoms with Crippen LogP contribution < -0.4 is 15.2 Å². The Hall–Kier alpha value is -2.30. The van der Waals surface area contributed by atoms with Crippen LogP contribution in [-0.4, -0.2) is 23.8 Å². The van der Waals surface area contributed by atoms with Gasteiger partial charge in [0.05, 0.1) is 19.9 Å². The first-order chi connectivity index (χ1) is 12.0. The van der Waals surface area contributed by atoms with Crippen LogP contribution in [0, 0.1) is 0 Å². The van der Waals surface area contributed by atoms with Gasteiger partial charge in [0.1, 0.15) is 0 Å². The molecule has 2 atom stereocenters. The third-order valence-electron chi connectivity index (χ3n) is 5.61. The molecule has 1 aromatic heterocycles. The standard InChI is InChI=1S/C20H24N2O3/c1-11(2)22-19-14-6-5-12(9-14)17(19)18(21-20(22)23)13-7-8-15(24-3)16(10-13)25-4/h7-8,10-12,14H,5-6,9H2,1-4H3. The van der Waals surface area contributed by atoms with Crippen molar-refractivity contribution in [2.75, 3.05) is 14.2 Å². The molecule has 4 rings (SSSR count). The first-order valence-electron chi connectivity index (χ1n) is 8.93. The third kappa shape index (κ3) is 2.36. The van der Waals surface area contributed by atoms with Crippen molar-refractivity contribution in [3.8, 4) is 22.8 Å². The Kier molecular flexibility index (Phi) is 3.82. The summed E-state index contributed by atoms with van der Waals surface area (Å²) in [6.07, 6.45) is 3.52. The molecule has 0 saturated heterocycles. The molecule has 0 aliphatic heterocycles. The van der Waals surface area contributed by atoms with E-state index in [1.807, 2.05) is 22.8 Å². The van der Waals surface area contributed by atoms with Gasteiger partial charge in [-0.25, -0.2) is 4.79 Å². The molecule has 0 N–H and O–H groups in total. The Bertz CT molecular complexity index is 885. The lowest BCUT2D eigenvalue weighted by Crippen LogP contribution is -2.30. The predicted octanol–water partition coefficient (Wildman–Crippen LogP) is 3.87. The topological polar surface area (TPSA) is 53.3 Å². The SMILES string of the molecule is COc1ccc(-c2nc(=O)n(C(C)C)c3c2C2CCC3C2)cc1OC. The minimum absolute atomic E-state index is 0.132. The van der Waals surface area contributed by atoms with Crippen LogP contribution >= 0.6 is 0 Å². The number of hydrogen-bond acceptors (Lipinski definition) is 4. The van der Waals surface area contributed by atoms with Crippen LogP contribution in [0.2, 0.25) is 0 Å². The van der Waals surface area contributed by atoms with Gasteiger partial charge in [0.25, 0.3) is 0 Å². The summed E-state index contributed by atoms with van der Waals surface area (Å²) < 4.78 is 12.7. The highest BCUT2D eigenvalue weighted by Gasteiger charge is 2.42. The third-order valence-corrected chi connectivity index (χ3v) is 5.61. The fraction of sp³-hybridized carbons (Fsp3) is 0.500. The molecule has 2 aromatic rings. The van der Waals surface area contributed by atoms with Gasteiger partial charge in [-0.2, -0.15) is 4.98 Å². The second-order valence-electron chi connectivity index (χ2n) is 7.28. The maximum atomic E-state index is 12.8. The van der Waals surface area contributed by atoms with Gasteiger partial charge in [-0.3, -0.25) is 4.57 Å². The van der Waals surface area contributed by atoms with Crippen molar-refractivity contribution in [3.63, 3.8) is 0 Å². The lowest BCUT2D eigenvalue weighted by molar-refractivity contribution is 0.355. The van der Waals surface area contributed by atoms with E-state index in [2.05, 4.69) is 18.8 Å². The van der Waals surface area contributed by atoms with E-state index in [1.54, 1.807) is 14.2 Å². The summed E-state index contributed by atoms with van der Waals surface area (Å²) in [5.74, 6) is 2.35. The van der Waals surface area contributed by atoms with Crippen LogP contribution in [0.25, 0.3) is 11.3 Å². The Labute approximate surface area is 147 Å². The molecule has 1 aromatic carbocycles. The smallest absolute Gasteiger partial charge is 0.348 e. The Balaban J connectivity index is 1.96. The lowest BCUT2D eigenvalue weighted by atomic mass is 9.91. The number of rotatable bonds is 4. The number of fused-ring (bicyclic) bond motifs is 5. The molecular weight excluding hydrogens is 316 g/mol. The van der Waals surface area contributed by atoms with E-state index in [-0.39, 0.29) is 11.7 Å². The van der Waals surface area contributed by atoms with E-state index in [1.165, 1.54) is 24.1 Å². The molecule has 5 heteroatoms. The van der Waals surface area contributed by atoms with Crippen LogP contribution in [0.3, 0.4) is 0 Å². The summed E-state index contributed by atoms with van der Waals surface area (Å²) in [5.41, 5.74) is 4.10. The van der Waals surface area contributed by atoms with Gasteiger partial charge >= 0.3 is 5.69 Å². The predicted molar refractivity (Wildman–Crippen MR) is 96.8 cm³/mol. The summed E-state index contributed by atoms with van der Waals surface area (Å²) >= 11 is 0. The normalized spacial score (nSPS) is 20.8. The first-order valence-corrected chi connectivity index (χ1v) is 8.93. The van der Waals surface area contributed by atoms with Gasteiger partial charge in [-0.15, -0.1) is 0 Å². The second kappa shape index (κ2) is 5.90. The molecule has 0 spiro atoms. The number of nitrogens with zero attached hydrogens (tertiary/aromatic N) is 2. The summed E-state index contributed by atoms with van der Waals surface area (Å²) in [6.45, 7) is 4.12. The van der Waals surface area contributed by atoms with Crippen molar-refractivity contribution in [2.24, 2.45) is 0 Å². The van der Waals surface area contributed by atoms with E-state index < -0.39 is 0 Å². The van der Waals surface area contributed by atoms with Gasteiger partial charge < -0.3 is 9.47 Å². The molecule has 2 unspecified atom stereocenters. The molecule has 0 radical (unpaired) electrons. The number of methoxy groups -OCH3 is 2. The van der Waals surface area contributed by atoms with Gasteiger partial charge in [-0.1, -0.05) is 0 Å². The van der Waals surface area contributed by atoms with E-state index >= 15 is 0 Å². The fourth-order valence-corrected chi connectivity index (χ4v) is 4.58. The number of ether oxygens (including phenoxy) is 2. The average molecular weight is 340 g/mol. The van der Waals surface area contributed by atoms with Crippen molar-refractivity contribution in [3.05, 3.63) is 39.9 Å². The average Bonchev–Trinajstić information content (AvgIpc) is 3.22. The van der Waals surface area contributed by atoms with Gasteiger partial charge in [-0.05, 0) is 57.2 Å². The summed E-state index contributed by atoms with van der Waals surface area (Å²) in [5, 5.41) is 0. The van der Waals surface area contributed by atoms with Gasteiger partial charge in [0, 0.05) is 28.8 Å². The maximum absolute atomic E-state index is 12.8. The highest BCUT2D eigenvalue weighted by atomic mass is 16.5. The van der Waals surface area contributed by atoms with Crippen molar-refractivity contribution in [1.82, 2.24) is 9.55 Å². The zero-order chi connectivity index (χ0) is 17.7. The maximum Gasteiger partial charge on any atom is 0.348 e. The molecule has 132 valence electrons. The minimum atomic E-state index is -0.147. The number of benzene rings is 1. The first kappa shape index (κ1) is 16.2. The molecule has 25 heavy (non-hydrogen) atoms. The van der Waals surface area contributed by atoms with Crippen LogP contribution in [0.1, 0.15) is 62.2 Å². The molecule has 1 fully saturated rings. The summed E-state index contributed by atoms with van der Waals surface area (Å²) in [7, 11) is 3.24. The summed E-state index contributed by atoms with van der Waals surface area (Å²) in [6, 6.07) is 5.90. The second-order valence-corrected chi connectivity index (χ2v) is 7.28. The number of aromatic nitrogens is 2. The molecule has 0 amide bonds. The van der Waals surface area contributed by atoms with Crippen molar-refractivity contribution in [1.29, 1.82) is 0 Å². The van der Waals surface area contributed by atoms with Crippen LogP contribution in [0.15, 0.2) is 23.0 Å². The molecular formula is C20H24N2O3. The van der Waals surface area contributed by atoms with E-state index in [0.717, 1.165) is 17.7 Å². The highest BCUT2D eigenvalue weighted by molar-refractivity contribution is 5.69. The largest absolute Gasteiger partial charge is 0.493 e. The molecule has 5 nitrogen and oxygen atoms in total. The summed E-state index contributed by atoms with van der Waals surface area (Å²) in [4.78, 5) is 17.3. The van der Waals surface area contributed by atoms with Gasteiger partial charge in [0.2, 0.25) is 0 Å². The van der Waals surface area contributed by atoms with Crippen molar-refractivity contribution < 1.29 is 9.47 Å². The molecule has 2 aliphatic rings. The van der Waals surface area contributed by atoms with Crippen molar-refractivity contribution >= 4 is 0 Å². The molecule has 1 saturated carbocycles. The van der Waals surface area contributed by atoms with E-state index in [9.17, 15) is 4.79 Å².